The molecule has 0 bridgehead atoms. The lowest BCUT2D eigenvalue weighted by atomic mass is 10.3. The molecular weight excluding hydrogens is 218 g/mol. The van der Waals surface area contributed by atoms with Crippen molar-refractivity contribution in [2.75, 3.05) is 18.0 Å². The maximum absolute atomic E-state index is 4.48. The summed E-state index contributed by atoms with van der Waals surface area (Å²) in [5.41, 5.74) is 0.416. The molecule has 2 rings (SSSR count). The topological polar surface area (TPSA) is 28.2 Å². The Hall–Kier alpha value is -0.610. The first kappa shape index (κ1) is 11.9. The van der Waals surface area contributed by atoms with E-state index in [2.05, 4.69) is 36.0 Å². The van der Waals surface area contributed by atoms with Crippen molar-refractivity contribution in [3.63, 3.8) is 0 Å². The van der Waals surface area contributed by atoms with Crippen molar-refractivity contribution in [2.24, 2.45) is 0 Å². The van der Waals surface area contributed by atoms with Gasteiger partial charge in [-0.3, -0.25) is 0 Å². The van der Waals surface area contributed by atoms with Crippen LogP contribution in [0.5, 0.6) is 0 Å². The van der Waals surface area contributed by atoms with Crippen LogP contribution in [0.25, 0.3) is 0 Å². The van der Waals surface area contributed by atoms with Crippen molar-refractivity contribution < 1.29 is 0 Å². The summed E-state index contributed by atoms with van der Waals surface area (Å²) in [4.78, 5) is 8.12. The minimum Gasteiger partial charge on any atom is -0.349 e. The van der Waals surface area contributed by atoms with E-state index in [1.165, 1.54) is 17.7 Å². The fourth-order valence-electron chi connectivity index (χ4n) is 1.68. The Bertz CT molecular complexity index is 340. The molecule has 1 fully saturated rings. The van der Waals surface area contributed by atoms with Crippen molar-refractivity contribution >= 4 is 16.5 Å². The van der Waals surface area contributed by atoms with Crippen molar-refractivity contribution in [1.29, 1.82) is 0 Å². The zero-order valence-corrected chi connectivity index (χ0v) is 11.2. The van der Waals surface area contributed by atoms with Crippen LogP contribution in [0.2, 0.25) is 0 Å². The standard InChI is InChI=1S/C12H21N3S/c1-4-15(5-2)11-13-8-10(16-11)9-14-12(3)6-7-12/h8,14H,4-7,9H2,1-3H3. The van der Waals surface area contributed by atoms with E-state index in [0.29, 0.717) is 5.54 Å². The Kier molecular flexibility index (Phi) is 3.50. The predicted molar refractivity (Wildman–Crippen MR) is 70.2 cm³/mol. The van der Waals surface area contributed by atoms with Gasteiger partial charge in [-0.25, -0.2) is 4.98 Å². The molecule has 1 aliphatic rings. The highest BCUT2D eigenvalue weighted by Crippen LogP contribution is 2.35. The van der Waals surface area contributed by atoms with Crippen LogP contribution in [0.3, 0.4) is 0 Å². The van der Waals surface area contributed by atoms with Gasteiger partial charge in [0.15, 0.2) is 5.13 Å². The fraction of sp³-hybridized carbons (Fsp3) is 0.750. The quantitative estimate of drug-likeness (QED) is 0.827. The van der Waals surface area contributed by atoms with Crippen LogP contribution >= 0.6 is 11.3 Å². The van der Waals surface area contributed by atoms with Crippen LogP contribution in [-0.2, 0) is 6.54 Å². The molecule has 1 heterocycles. The molecule has 3 nitrogen and oxygen atoms in total. The van der Waals surface area contributed by atoms with Gasteiger partial charge in [-0.2, -0.15) is 0 Å². The van der Waals surface area contributed by atoms with E-state index in [9.17, 15) is 0 Å². The van der Waals surface area contributed by atoms with Crippen LogP contribution < -0.4 is 10.2 Å². The molecule has 1 aromatic rings. The minimum absolute atomic E-state index is 0.416. The Morgan fingerprint density at radius 2 is 2.12 bits per heavy atom. The lowest BCUT2D eigenvalue weighted by molar-refractivity contribution is 0.541. The summed E-state index contributed by atoms with van der Waals surface area (Å²) in [5, 5.41) is 4.74. The largest absolute Gasteiger partial charge is 0.349 e. The Balaban J connectivity index is 1.91. The normalized spacial score (nSPS) is 17.4. The minimum atomic E-state index is 0.416. The third-order valence-corrected chi connectivity index (χ3v) is 4.32. The van der Waals surface area contributed by atoms with Gasteiger partial charge in [-0.1, -0.05) is 0 Å². The molecule has 0 radical (unpaired) electrons. The summed E-state index contributed by atoms with van der Waals surface area (Å²) in [5.74, 6) is 0. The Labute approximate surface area is 102 Å². The predicted octanol–water partition coefficient (Wildman–Crippen LogP) is 2.63. The Morgan fingerprint density at radius 3 is 2.69 bits per heavy atom. The first-order chi connectivity index (χ1) is 7.67. The van der Waals surface area contributed by atoms with E-state index in [1.807, 2.05) is 17.5 Å². The van der Waals surface area contributed by atoms with Gasteiger partial charge in [0.25, 0.3) is 0 Å². The van der Waals surface area contributed by atoms with E-state index in [0.717, 1.165) is 24.8 Å². The first-order valence-electron chi connectivity index (χ1n) is 6.11. The molecule has 90 valence electrons. The van der Waals surface area contributed by atoms with E-state index in [4.69, 9.17) is 0 Å². The molecule has 0 atom stereocenters. The van der Waals surface area contributed by atoms with Crippen LogP contribution in [0.15, 0.2) is 6.20 Å². The summed E-state index contributed by atoms with van der Waals surface area (Å²) < 4.78 is 0. The van der Waals surface area contributed by atoms with Crippen molar-refractivity contribution in [3.05, 3.63) is 11.1 Å². The third kappa shape index (κ3) is 2.74. The maximum atomic E-state index is 4.48. The molecule has 0 spiro atoms. The number of anilines is 1. The van der Waals surface area contributed by atoms with Gasteiger partial charge in [-0.15, -0.1) is 11.3 Å². The zero-order chi connectivity index (χ0) is 11.6. The van der Waals surface area contributed by atoms with Gasteiger partial charge < -0.3 is 10.2 Å². The molecule has 1 saturated carbocycles. The summed E-state index contributed by atoms with van der Waals surface area (Å²) in [6.07, 6.45) is 4.64. The van der Waals surface area contributed by atoms with Crippen LogP contribution in [0.1, 0.15) is 38.5 Å². The highest BCUT2D eigenvalue weighted by Gasteiger charge is 2.36. The van der Waals surface area contributed by atoms with Crippen molar-refractivity contribution in [1.82, 2.24) is 10.3 Å². The van der Waals surface area contributed by atoms with Gasteiger partial charge in [0.2, 0.25) is 0 Å². The van der Waals surface area contributed by atoms with Gasteiger partial charge in [0.05, 0.1) is 0 Å². The monoisotopic (exact) mass is 239 g/mol. The van der Waals surface area contributed by atoms with E-state index >= 15 is 0 Å². The second-order valence-electron chi connectivity index (χ2n) is 4.70. The van der Waals surface area contributed by atoms with E-state index in [1.54, 1.807) is 0 Å². The number of nitrogens with one attached hydrogen (secondary N) is 1. The number of hydrogen-bond donors (Lipinski definition) is 1. The van der Waals surface area contributed by atoms with Crippen molar-refractivity contribution in [2.45, 2.75) is 45.7 Å². The molecule has 1 aliphatic carbocycles. The fourth-order valence-corrected chi connectivity index (χ4v) is 2.66. The summed E-state index contributed by atoms with van der Waals surface area (Å²) in [6.45, 7) is 9.68. The molecule has 0 aromatic carbocycles. The first-order valence-corrected chi connectivity index (χ1v) is 6.93. The number of aromatic nitrogens is 1. The summed E-state index contributed by atoms with van der Waals surface area (Å²) in [6, 6.07) is 0. The van der Waals surface area contributed by atoms with Gasteiger partial charge in [0, 0.05) is 36.2 Å². The second kappa shape index (κ2) is 4.72. The molecule has 0 amide bonds. The zero-order valence-electron chi connectivity index (χ0n) is 10.4. The van der Waals surface area contributed by atoms with Gasteiger partial charge >= 0.3 is 0 Å². The molecule has 1 aromatic heterocycles. The highest BCUT2D eigenvalue weighted by molar-refractivity contribution is 7.15. The van der Waals surface area contributed by atoms with Crippen molar-refractivity contribution in [3.8, 4) is 0 Å². The Morgan fingerprint density at radius 1 is 1.44 bits per heavy atom. The maximum Gasteiger partial charge on any atom is 0.185 e. The molecular formula is C12H21N3S. The average Bonchev–Trinajstić information content (AvgIpc) is 2.84. The summed E-state index contributed by atoms with van der Waals surface area (Å²) in [7, 11) is 0. The number of rotatable bonds is 6. The summed E-state index contributed by atoms with van der Waals surface area (Å²) >= 11 is 1.81. The third-order valence-electron chi connectivity index (χ3n) is 3.26. The smallest absolute Gasteiger partial charge is 0.185 e. The lowest BCUT2D eigenvalue weighted by Crippen LogP contribution is -2.26. The molecule has 0 aliphatic heterocycles. The molecule has 0 saturated heterocycles. The van der Waals surface area contributed by atoms with Crippen LogP contribution in [0, 0.1) is 0 Å². The van der Waals surface area contributed by atoms with Crippen LogP contribution in [0.4, 0.5) is 5.13 Å². The van der Waals surface area contributed by atoms with E-state index in [-0.39, 0.29) is 0 Å². The molecule has 16 heavy (non-hydrogen) atoms. The number of thiazole rings is 1. The van der Waals surface area contributed by atoms with E-state index < -0.39 is 0 Å². The van der Waals surface area contributed by atoms with Gasteiger partial charge in [0.1, 0.15) is 0 Å². The lowest BCUT2D eigenvalue weighted by Gasteiger charge is -2.16. The number of nitrogens with zero attached hydrogens (tertiary/aromatic N) is 2. The molecule has 1 N–H and O–H groups in total. The molecule has 4 heteroatoms. The van der Waals surface area contributed by atoms with Gasteiger partial charge in [-0.05, 0) is 33.6 Å². The highest BCUT2D eigenvalue weighted by atomic mass is 32.1. The second-order valence-corrected chi connectivity index (χ2v) is 5.79. The van der Waals surface area contributed by atoms with Crippen LogP contribution in [-0.4, -0.2) is 23.6 Å². The number of hydrogen-bond acceptors (Lipinski definition) is 4. The molecule has 0 unspecified atom stereocenters. The average molecular weight is 239 g/mol. The SMILES string of the molecule is CCN(CC)c1ncc(CNC2(C)CC2)s1.